The number of aromatic nitrogens is 1. The van der Waals surface area contributed by atoms with E-state index in [-0.39, 0.29) is 24.0 Å². The largest absolute Gasteiger partial charge is 0.393 e. The number of hydrogen-bond acceptors (Lipinski definition) is 7. The maximum absolute atomic E-state index is 10.6. The summed E-state index contributed by atoms with van der Waals surface area (Å²) in [5.74, 6) is 0.397. The van der Waals surface area contributed by atoms with Crippen LogP contribution < -0.4 is 0 Å². The van der Waals surface area contributed by atoms with Crippen molar-refractivity contribution in [2.45, 2.75) is 63.3 Å². The fraction of sp³-hybridized carbons (Fsp3) is 0.591. The van der Waals surface area contributed by atoms with Crippen LogP contribution in [0.2, 0.25) is 5.02 Å². The van der Waals surface area contributed by atoms with Crippen molar-refractivity contribution >= 4 is 11.6 Å². The van der Waals surface area contributed by atoms with E-state index in [9.17, 15) is 15.3 Å². The molecule has 0 radical (unpaired) electrons. The first-order valence-corrected chi connectivity index (χ1v) is 10.7. The number of halogens is 1. The van der Waals surface area contributed by atoms with Crippen LogP contribution in [0.25, 0.3) is 11.3 Å². The highest BCUT2D eigenvalue weighted by atomic mass is 35.5. The van der Waals surface area contributed by atoms with Crippen molar-refractivity contribution in [1.29, 1.82) is 0 Å². The van der Waals surface area contributed by atoms with E-state index < -0.39 is 24.4 Å². The first kappa shape index (κ1) is 21.7. The zero-order chi connectivity index (χ0) is 21.4. The molecule has 30 heavy (non-hydrogen) atoms. The Labute approximate surface area is 180 Å². The lowest BCUT2D eigenvalue weighted by atomic mass is 9.86. The molecule has 2 saturated heterocycles. The van der Waals surface area contributed by atoms with Gasteiger partial charge in [0.25, 0.3) is 0 Å². The SMILES string of the molecule is C[C@H]([C@@H]1O[C@H]1C[C@H]1CO[C@@H](Cc2cc(-c3ccc(Cl)cc3)no2)[C@H](O)[C@@H]1O)[C@H](C)O. The molecule has 0 aliphatic carbocycles. The minimum atomic E-state index is -1.03. The monoisotopic (exact) mass is 437 g/mol. The Balaban J connectivity index is 1.32. The number of hydrogen-bond donors (Lipinski definition) is 3. The molecule has 0 bridgehead atoms. The van der Waals surface area contributed by atoms with Gasteiger partial charge in [0.1, 0.15) is 17.6 Å². The van der Waals surface area contributed by atoms with Crippen LogP contribution in [0.4, 0.5) is 0 Å². The second-order valence-corrected chi connectivity index (χ2v) is 8.91. The maximum Gasteiger partial charge on any atom is 0.140 e. The third-order valence-electron chi connectivity index (χ3n) is 6.28. The molecule has 3 heterocycles. The van der Waals surface area contributed by atoms with Gasteiger partial charge in [-0.15, -0.1) is 0 Å². The Bertz CT molecular complexity index is 840. The van der Waals surface area contributed by atoms with Gasteiger partial charge in [0, 0.05) is 34.9 Å². The van der Waals surface area contributed by atoms with Gasteiger partial charge in [0.15, 0.2) is 0 Å². The summed E-state index contributed by atoms with van der Waals surface area (Å²) >= 11 is 5.92. The minimum absolute atomic E-state index is 0.00690. The third kappa shape index (κ3) is 4.72. The van der Waals surface area contributed by atoms with Crippen LogP contribution >= 0.6 is 11.6 Å². The number of rotatable bonds is 7. The molecule has 8 heteroatoms. The number of aliphatic hydroxyl groups excluding tert-OH is 3. The molecule has 3 N–H and O–H groups in total. The van der Waals surface area contributed by atoms with Crippen LogP contribution in [0.1, 0.15) is 26.0 Å². The Morgan fingerprint density at radius 2 is 1.87 bits per heavy atom. The van der Waals surface area contributed by atoms with Crippen molar-refractivity contribution in [2.24, 2.45) is 11.8 Å². The van der Waals surface area contributed by atoms with Gasteiger partial charge in [0.05, 0.1) is 37.1 Å². The van der Waals surface area contributed by atoms with Crippen molar-refractivity contribution < 1.29 is 29.3 Å². The van der Waals surface area contributed by atoms with Crippen LogP contribution in [0.3, 0.4) is 0 Å². The summed E-state index contributed by atoms with van der Waals surface area (Å²) < 4.78 is 16.9. The van der Waals surface area contributed by atoms with Gasteiger partial charge in [0.2, 0.25) is 0 Å². The Hall–Kier alpha value is -1.48. The zero-order valence-corrected chi connectivity index (χ0v) is 17.8. The van der Waals surface area contributed by atoms with Gasteiger partial charge in [-0.3, -0.25) is 0 Å². The van der Waals surface area contributed by atoms with E-state index in [0.29, 0.717) is 35.9 Å². The maximum atomic E-state index is 10.6. The lowest BCUT2D eigenvalue weighted by Crippen LogP contribution is -2.51. The van der Waals surface area contributed by atoms with Gasteiger partial charge in [-0.05, 0) is 25.5 Å². The average Bonchev–Trinajstić information content (AvgIpc) is 3.33. The smallest absolute Gasteiger partial charge is 0.140 e. The zero-order valence-electron chi connectivity index (χ0n) is 17.0. The van der Waals surface area contributed by atoms with E-state index in [1.165, 1.54) is 0 Å². The lowest BCUT2D eigenvalue weighted by molar-refractivity contribution is -0.166. The quantitative estimate of drug-likeness (QED) is 0.571. The summed E-state index contributed by atoms with van der Waals surface area (Å²) in [5, 5.41) is 35.6. The van der Waals surface area contributed by atoms with E-state index in [2.05, 4.69) is 5.16 Å². The highest BCUT2D eigenvalue weighted by Crippen LogP contribution is 2.38. The van der Waals surface area contributed by atoms with Gasteiger partial charge in [-0.1, -0.05) is 35.8 Å². The lowest BCUT2D eigenvalue weighted by Gasteiger charge is -2.37. The Morgan fingerprint density at radius 1 is 1.13 bits per heavy atom. The van der Waals surface area contributed by atoms with Crippen molar-refractivity contribution in [1.82, 2.24) is 5.16 Å². The first-order chi connectivity index (χ1) is 14.3. The molecule has 2 aliphatic heterocycles. The highest BCUT2D eigenvalue weighted by molar-refractivity contribution is 6.30. The van der Waals surface area contributed by atoms with E-state index in [1.807, 2.05) is 19.1 Å². The third-order valence-corrected chi connectivity index (χ3v) is 6.53. The molecular weight excluding hydrogens is 410 g/mol. The van der Waals surface area contributed by atoms with Crippen LogP contribution in [0, 0.1) is 11.8 Å². The van der Waals surface area contributed by atoms with E-state index in [0.717, 1.165) is 5.56 Å². The molecule has 0 spiro atoms. The number of epoxide rings is 1. The molecule has 0 unspecified atom stereocenters. The van der Waals surface area contributed by atoms with Gasteiger partial charge < -0.3 is 29.3 Å². The summed E-state index contributed by atoms with van der Waals surface area (Å²) in [4.78, 5) is 0. The number of nitrogens with zero attached hydrogens (tertiary/aromatic N) is 1. The molecule has 1 aromatic carbocycles. The van der Waals surface area contributed by atoms with E-state index in [1.54, 1.807) is 25.1 Å². The summed E-state index contributed by atoms with van der Waals surface area (Å²) in [7, 11) is 0. The van der Waals surface area contributed by atoms with Crippen molar-refractivity contribution in [3.63, 3.8) is 0 Å². The van der Waals surface area contributed by atoms with Crippen LogP contribution in [-0.4, -0.2) is 63.7 Å². The van der Waals surface area contributed by atoms with Crippen LogP contribution in [0.5, 0.6) is 0 Å². The number of aliphatic hydroxyl groups is 3. The second-order valence-electron chi connectivity index (χ2n) is 8.48. The highest BCUT2D eigenvalue weighted by Gasteiger charge is 2.48. The summed E-state index contributed by atoms with van der Waals surface area (Å²) in [6, 6.07) is 9.08. The molecule has 2 aliphatic rings. The van der Waals surface area contributed by atoms with Crippen LogP contribution in [-0.2, 0) is 15.9 Å². The molecule has 7 nitrogen and oxygen atoms in total. The van der Waals surface area contributed by atoms with Gasteiger partial charge >= 0.3 is 0 Å². The van der Waals surface area contributed by atoms with Crippen molar-refractivity contribution in [3.05, 3.63) is 41.1 Å². The predicted molar refractivity (Wildman–Crippen MR) is 110 cm³/mol. The molecular formula is C22H28ClNO6. The molecule has 4 rings (SSSR count). The molecule has 2 aromatic rings. The first-order valence-electron chi connectivity index (χ1n) is 10.4. The minimum Gasteiger partial charge on any atom is -0.393 e. The standard InChI is InChI=1S/C22H28ClNO6/c1-11(12(2)25)22-19(29-22)7-14-10-28-18(21(27)20(14)26)9-16-8-17(24-30-16)13-3-5-15(23)6-4-13/h3-6,8,11-12,14,18-22,25-27H,7,9-10H2,1-2H3/t11-,12-,14-,18-,19-,20+,21-,22-/m0/s1. The van der Waals surface area contributed by atoms with Gasteiger partial charge in [-0.2, -0.15) is 0 Å². The van der Waals surface area contributed by atoms with Crippen LogP contribution in [0.15, 0.2) is 34.9 Å². The molecule has 164 valence electrons. The fourth-order valence-electron chi connectivity index (χ4n) is 4.08. The summed E-state index contributed by atoms with van der Waals surface area (Å²) in [6.45, 7) is 4.03. The normalized spacial score (nSPS) is 33.3. The predicted octanol–water partition coefficient (Wildman–Crippen LogP) is 2.45. The van der Waals surface area contributed by atoms with E-state index in [4.69, 9.17) is 25.6 Å². The van der Waals surface area contributed by atoms with Gasteiger partial charge in [-0.25, -0.2) is 0 Å². The Morgan fingerprint density at radius 3 is 2.57 bits per heavy atom. The van der Waals surface area contributed by atoms with Crippen molar-refractivity contribution in [2.75, 3.05) is 6.61 Å². The second kappa shape index (κ2) is 8.94. The molecule has 1 aromatic heterocycles. The molecule has 2 fully saturated rings. The summed E-state index contributed by atoms with van der Waals surface area (Å²) in [5.41, 5.74) is 1.56. The number of benzene rings is 1. The Kier molecular flexibility index (Phi) is 6.48. The van der Waals surface area contributed by atoms with E-state index >= 15 is 0 Å². The summed E-state index contributed by atoms with van der Waals surface area (Å²) in [6.07, 6.45) is -2.07. The average molecular weight is 438 g/mol. The van der Waals surface area contributed by atoms with Crippen molar-refractivity contribution in [3.8, 4) is 11.3 Å². The molecule has 8 atom stereocenters. The fourth-order valence-corrected chi connectivity index (χ4v) is 4.20. The molecule has 0 saturated carbocycles. The topological polar surface area (TPSA) is 108 Å². The molecule has 0 amide bonds. The number of ether oxygens (including phenoxy) is 2.